The molecule has 1 aromatic rings. The number of primary amides is 1. The maximum absolute atomic E-state index is 12.9. The second-order valence-corrected chi connectivity index (χ2v) is 3.93. The minimum atomic E-state index is -4.81. The van der Waals surface area contributed by atoms with Crippen LogP contribution in [0.3, 0.4) is 0 Å². The standard InChI is InChI=1S/C12H12F3NO4/c1-2-8(10(16)17)20-9-4-3-6(11(18)19)5-7(9)12(13,14)15/h3-5,8H,2H2,1H3,(H2,16,17)(H,18,19). The molecule has 3 N–H and O–H groups in total. The molecule has 1 aromatic carbocycles. The second-order valence-electron chi connectivity index (χ2n) is 3.93. The van der Waals surface area contributed by atoms with Crippen molar-refractivity contribution in [2.45, 2.75) is 25.6 Å². The highest BCUT2D eigenvalue weighted by molar-refractivity contribution is 5.88. The molecule has 0 aliphatic rings. The monoisotopic (exact) mass is 291 g/mol. The number of alkyl halides is 3. The SMILES string of the molecule is CCC(Oc1ccc(C(=O)O)cc1C(F)(F)F)C(N)=O. The molecule has 0 saturated heterocycles. The Bertz CT molecular complexity index is 528. The fourth-order valence-electron chi connectivity index (χ4n) is 1.48. The summed E-state index contributed by atoms with van der Waals surface area (Å²) >= 11 is 0. The normalized spacial score (nSPS) is 12.8. The van der Waals surface area contributed by atoms with E-state index in [1.54, 1.807) is 0 Å². The Morgan fingerprint density at radius 2 is 2.00 bits per heavy atom. The van der Waals surface area contributed by atoms with Crippen molar-refractivity contribution in [3.63, 3.8) is 0 Å². The van der Waals surface area contributed by atoms with Gasteiger partial charge in [0, 0.05) is 0 Å². The lowest BCUT2D eigenvalue weighted by molar-refractivity contribution is -0.140. The first-order valence-electron chi connectivity index (χ1n) is 5.57. The molecule has 1 amide bonds. The van der Waals surface area contributed by atoms with Gasteiger partial charge in [-0.3, -0.25) is 4.79 Å². The van der Waals surface area contributed by atoms with E-state index in [9.17, 15) is 22.8 Å². The molecule has 8 heteroatoms. The summed E-state index contributed by atoms with van der Waals surface area (Å²) in [4.78, 5) is 21.7. The number of carboxylic acid groups (broad SMARTS) is 1. The molecule has 0 bridgehead atoms. The molecular weight excluding hydrogens is 279 g/mol. The van der Waals surface area contributed by atoms with E-state index >= 15 is 0 Å². The van der Waals surface area contributed by atoms with Crippen molar-refractivity contribution in [1.29, 1.82) is 0 Å². The predicted molar refractivity (Wildman–Crippen MR) is 62.3 cm³/mol. The number of rotatable bonds is 5. The van der Waals surface area contributed by atoms with Crippen LogP contribution in [0.25, 0.3) is 0 Å². The van der Waals surface area contributed by atoms with Crippen molar-refractivity contribution < 1.29 is 32.6 Å². The number of amides is 1. The molecule has 0 radical (unpaired) electrons. The minimum Gasteiger partial charge on any atom is -0.480 e. The third-order valence-corrected chi connectivity index (χ3v) is 2.49. The van der Waals surface area contributed by atoms with E-state index in [0.717, 1.165) is 12.1 Å². The van der Waals surface area contributed by atoms with Crippen molar-refractivity contribution >= 4 is 11.9 Å². The largest absolute Gasteiger partial charge is 0.480 e. The molecule has 5 nitrogen and oxygen atoms in total. The van der Waals surface area contributed by atoms with Gasteiger partial charge in [-0.05, 0) is 24.6 Å². The number of nitrogens with two attached hydrogens (primary N) is 1. The topological polar surface area (TPSA) is 89.6 Å². The Morgan fingerprint density at radius 3 is 2.40 bits per heavy atom. The molecule has 110 valence electrons. The van der Waals surface area contributed by atoms with E-state index < -0.39 is 41.0 Å². The highest BCUT2D eigenvalue weighted by Gasteiger charge is 2.36. The molecule has 1 unspecified atom stereocenters. The zero-order valence-electron chi connectivity index (χ0n) is 10.4. The van der Waals surface area contributed by atoms with Gasteiger partial charge in [-0.25, -0.2) is 4.79 Å². The van der Waals surface area contributed by atoms with Gasteiger partial charge >= 0.3 is 12.1 Å². The third kappa shape index (κ3) is 3.62. The second kappa shape index (κ2) is 5.81. The Balaban J connectivity index is 3.25. The summed E-state index contributed by atoms with van der Waals surface area (Å²) in [6.07, 6.45) is -5.93. The Hall–Kier alpha value is -2.25. The molecule has 0 aliphatic heterocycles. The summed E-state index contributed by atoms with van der Waals surface area (Å²) in [5.74, 6) is -3.03. The van der Waals surface area contributed by atoms with Crippen LogP contribution < -0.4 is 10.5 Å². The number of hydrogen-bond donors (Lipinski definition) is 2. The zero-order chi connectivity index (χ0) is 15.5. The van der Waals surface area contributed by atoms with Crippen LogP contribution in [0.15, 0.2) is 18.2 Å². The quantitative estimate of drug-likeness (QED) is 0.868. The van der Waals surface area contributed by atoms with Crippen molar-refractivity contribution in [3.05, 3.63) is 29.3 Å². The van der Waals surface area contributed by atoms with Crippen LogP contribution in [0.1, 0.15) is 29.3 Å². The fraction of sp³-hybridized carbons (Fsp3) is 0.333. The summed E-state index contributed by atoms with van der Waals surface area (Å²) in [5.41, 5.74) is 3.20. The van der Waals surface area contributed by atoms with Crippen LogP contribution in [0, 0.1) is 0 Å². The van der Waals surface area contributed by atoms with Gasteiger partial charge in [-0.2, -0.15) is 13.2 Å². The number of hydrogen-bond acceptors (Lipinski definition) is 3. The van der Waals surface area contributed by atoms with Crippen LogP contribution in [-0.2, 0) is 11.0 Å². The third-order valence-electron chi connectivity index (χ3n) is 2.49. The number of benzene rings is 1. The molecule has 1 rings (SSSR count). The molecule has 0 aliphatic carbocycles. The van der Waals surface area contributed by atoms with Crippen molar-refractivity contribution in [1.82, 2.24) is 0 Å². The van der Waals surface area contributed by atoms with E-state index in [0.29, 0.717) is 6.07 Å². The summed E-state index contributed by atoms with van der Waals surface area (Å²) in [6.45, 7) is 1.52. The maximum Gasteiger partial charge on any atom is 0.419 e. The average molecular weight is 291 g/mol. The summed E-state index contributed by atoms with van der Waals surface area (Å²) in [6, 6.07) is 2.27. The smallest absolute Gasteiger partial charge is 0.419 e. The van der Waals surface area contributed by atoms with Crippen LogP contribution in [-0.4, -0.2) is 23.1 Å². The average Bonchev–Trinajstić information content (AvgIpc) is 2.34. The van der Waals surface area contributed by atoms with E-state index in [-0.39, 0.29) is 6.42 Å². The van der Waals surface area contributed by atoms with Gasteiger partial charge in [0.1, 0.15) is 5.75 Å². The Morgan fingerprint density at radius 1 is 1.40 bits per heavy atom. The zero-order valence-corrected chi connectivity index (χ0v) is 10.4. The first-order valence-corrected chi connectivity index (χ1v) is 5.57. The Kier molecular flexibility index (Phi) is 4.59. The first-order chi connectivity index (χ1) is 9.16. The van der Waals surface area contributed by atoms with Gasteiger partial charge in [0.15, 0.2) is 6.10 Å². The fourth-order valence-corrected chi connectivity index (χ4v) is 1.48. The highest BCUT2D eigenvalue weighted by atomic mass is 19.4. The van der Waals surface area contributed by atoms with Crippen LogP contribution >= 0.6 is 0 Å². The number of halogens is 3. The van der Waals surface area contributed by atoms with E-state index in [1.807, 2.05) is 0 Å². The van der Waals surface area contributed by atoms with Crippen molar-refractivity contribution in [2.24, 2.45) is 5.73 Å². The van der Waals surface area contributed by atoms with Gasteiger partial charge in [-0.1, -0.05) is 6.92 Å². The molecule has 1 atom stereocenters. The summed E-state index contributed by atoms with van der Waals surface area (Å²) in [7, 11) is 0. The number of aromatic carboxylic acids is 1. The number of carbonyl (C=O) groups excluding carboxylic acids is 1. The highest BCUT2D eigenvalue weighted by Crippen LogP contribution is 2.37. The molecule has 0 aromatic heterocycles. The van der Waals surface area contributed by atoms with Crippen LogP contribution in [0.5, 0.6) is 5.75 Å². The van der Waals surface area contributed by atoms with E-state index in [4.69, 9.17) is 15.6 Å². The van der Waals surface area contributed by atoms with Gasteiger partial charge in [0.05, 0.1) is 11.1 Å². The lowest BCUT2D eigenvalue weighted by Crippen LogP contribution is -2.33. The van der Waals surface area contributed by atoms with Crippen LogP contribution in [0.2, 0.25) is 0 Å². The molecule has 0 heterocycles. The van der Waals surface area contributed by atoms with Gasteiger partial charge in [0.2, 0.25) is 0 Å². The summed E-state index contributed by atoms with van der Waals surface area (Å²) < 4.78 is 43.5. The van der Waals surface area contributed by atoms with Crippen molar-refractivity contribution in [3.8, 4) is 5.75 Å². The maximum atomic E-state index is 12.9. The van der Waals surface area contributed by atoms with Gasteiger partial charge in [-0.15, -0.1) is 0 Å². The first kappa shape index (κ1) is 15.8. The lowest BCUT2D eigenvalue weighted by Gasteiger charge is -2.18. The van der Waals surface area contributed by atoms with Gasteiger partial charge in [0.25, 0.3) is 5.91 Å². The number of carbonyl (C=O) groups is 2. The molecular formula is C12H12F3NO4. The lowest BCUT2D eigenvalue weighted by atomic mass is 10.1. The molecule has 0 saturated carbocycles. The number of ether oxygens (including phenoxy) is 1. The molecule has 20 heavy (non-hydrogen) atoms. The van der Waals surface area contributed by atoms with E-state index in [2.05, 4.69) is 0 Å². The number of carboxylic acids is 1. The predicted octanol–water partition coefficient (Wildman–Crippen LogP) is 2.05. The van der Waals surface area contributed by atoms with Crippen LogP contribution in [0.4, 0.5) is 13.2 Å². The van der Waals surface area contributed by atoms with E-state index in [1.165, 1.54) is 6.92 Å². The molecule has 0 spiro atoms. The van der Waals surface area contributed by atoms with Crippen molar-refractivity contribution in [2.75, 3.05) is 0 Å². The molecule has 0 fully saturated rings. The Labute approximate surface area is 112 Å². The summed E-state index contributed by atoms with van der Waals surface area (Å²) in [5, 5.41) is 8.70. The minimum absolute atomic E-state index is 0.0906. The van der Waals surface area contributed by atoms with Gasteiger partial charge < -0.3 is 15.6 Å².